The number of esters is 1. The number of thiophene rings is 1. The molecule has 0 N–H and O–H groups in total. The van der Waals surface area contributed by atoms with Crippen LogP contribution in [-0.2, 0) is 9.53 Å². The van der Waals surface area contributed by atoms with E-state index < -0.39 is 0 Å². The Morgan fingerprint density at radius 2 is 1.62 bits per heavy atom. The summed E-state index contributed by atoms with van der Waals surface area (Å²) in [7, 11) is 5.43. The lowest BCUT2D eigenvalue weighted by atomic mass is 10.1. The summed E-state index contributed by atoms with van der Waals surface area (Å²) in [6, 6.07) is 22.4. The molecule has 0 fully saturated rings. The number of fused-ring (bicyclic) bond motifs is 1. The van der Waals surface area contributed by atoms with E-state index in [1.807, 2.05) is 30.3 Å². The summed E-state index contributed by atoms with van der Waals surface area (Å²) in [5.74, 6) is 1.32. The Labute approximate surface area is 203 Å². The molecular weight excluding hydrogens is 446 g/mol. The maximum Gasteiger partial charge on any atom is 0.330 e. The van der Waals surface area contributed by atoms with Crippen LogP contribution in [0.4, 0.5) is 11.4 Å². The maximum absolute atomic E-state index is 11.6. The largest absolute Gasteiger partial charge is 0.497 e. The number of rotatable bonds is 8. The number of carbonyl (C=O) groups is 1. The summed E-state index contributed by atoms with van der Waals surface area (Å²) in [4.78, 5) is 15.0. The third-order valence-electron chi connectivity index (χ3n) is 5.54. The summed E-state index contributed by atoms with van der Waals surface area (Å²) in [6.07, 6.45) is 3.21. The van der Waals surface area contributed by atoms with Gasteiger partial charge in [-0.1, -0.05) is 12.1 Å². The first-order chi connectivity index (χ1) is 16.5. The zero-order valence-electron chi connectivity index (χ0n) is 19.7. The molecule has 0 saturated heterocycles. The van der Waals surface area contributed by atoms with Crippen molar-refractivity contribution in [2.75, 3.05) is 32.8 Å². The van der Waals surface area contributed by atoms with Gasteiger partial charge in [0.25, 0.3) is 0 Å². The second-order valence-corrected chi connectivity index (χ2v) is 8.66. The van der Waals surface area contributed by atoms with Crippen LogP contribution < -0.4 is 14.4 Å². The van der Waals surface area contributed by atoms with Crippen molar-refractivity contribution in [2.45, 2.75) is 6.92 Å². The molecule has 4 rings (SSSR count). The van der Waals surface area contributed by atoms with Crippen molar-refractivity contribution in [3.05, 3.63) is 78.4 Å². The van der Waals surface area contributed by atoms with Crippen LogP contribution in [0, 0.1) is 0 Å². The zero-order valence-corrected chi connectivity index (χ0v) is 20.5. The van der Waals surface area contributed by atoms with Crippen LogP contribution in [-0.4, -0.2) is 33.8 Å². The number of benzene rings is 3. The van der Waals surface area contributed by atoms with Crippen molar-refractivity contribution in [3.8, 4) is 21.9 Å². The minimum absolute atomic E-state index is 0.340. The number of hydrogen-bond donors (Lipinski definition) is 0. The average Bonchev–Trinajstić information content (AvgIpc) is 3.26. The van der Waals surface area contributed by atoms with Gasteiger partial charge in [-0.25, -0.2) is 4.79 Å². The Morgan fingerprint density at radius 3 is 2.26 bits per heavy atom. The SMILES string of the molecule is CCOC(=O)/C=C/c1ccc(N(C)c2c(-c3ccc(OC)cc3)sc3cc(OC)ccc23)cc1. The highest BCUT2D eigenvalue weighted by atomic mass is 32.1. The van der Waals surface area contributed by atoms with Gasteiger partial charge < -0.3 is 19.1 Å². The highest BCUT2D eigenvalue weighted by molar-refractivity contribution is 7.23. The van der Waals surface area contributed by atoms with E-state index in [1.165, 1.54) is 11.0 Å². The van der Waals surface area contributed by atoms with Crippen LogP contribution in [0.2, 0.25) is 0 Å². The Bertz CT molecular complexity index is 1310. The Hall–Kier alpha value is -3.77. The van der Waals surface area contributed by atoms with Crippen LogP contribution in [0.25, 0.3) is 26.6 Å². The van der Waals surface area contributed by atoms with Crippen LogP contribution in [0.1, 0.15) is 12.5 Å². The molecule has 0 bridgehead atoms. The molecule has 0 atom stereocenters. The van der Waals surface area contributed by atoms with Gasteiger partial charge >= 0.3 is 5.97 Å². The Morgan fingerprint density at radius 1 is 0.941 bits per heavy atom. The van der Waals surface area contributed by atoms with Crippen molar-refractivity contribution in [3.63, 3.8) is 0 Å². The topological polar surface area (TPSA) is 48.0 Å². The van der Waals surface area contributed by atoms with Crippen LogP contribution in [0.5, 0.6) is 11.5 Å². The molecule has 0 aliphatic carbocycles. The molecule has 0 aliphatic heterocycles. The first kappa shape index (κ1) is 23.4. The van der Waals surface area contributed by atoms with E-state index in [0.29, 0.717) is 6.61 Å². The quantitative estimate of drug-likeness (QED) is 0.205. The number of methoxy groups -OCH3 is 2. The van der Waals surface area contributed by atoms with E-state index in [4.69, 9.17) is 14.2 Å². The maximum atomic E-state index is 11.6. The van der Waals surface area contributed by atoms with Crippen molar-refractivity contribution in [1.29, 1.82) is 0 Å². The van der Waals surface area contributed by atoms with E-state index >= 15 is 0 Å². The molecule has 0 unspecified atom stereocenters. The second-order valence-electron chi connectivity index (χ2n) is 7.61. The highest BCUT2D eigenvalue weighted by Crippen LogP contribution is 2.47. The third-order valence-corrected chi connectivity index (χ3v) is 6.73. The van der Waals surface area contributed by atoms with Crippen molar-refractivity contribution in [2.24, 2.45) is 0 Å². The molecule has 34 heavy (non-hydrogen) atoms. The molecule has 3 aromatic carbocycles. The minimum atomic E-state index is -0.340. The molecule has 6 heteroatoms. The lowest BCUT2D eigenvalue weighted by Gasteiger charge is -2.21. The number of hydrogen-bond acceptors (Lipinski definition) is 6. The number of anilines is 2. The van der Waals surface area contributed by atoms with Gasteiger partial charge in [0.05, 0.1) is 31.4 Å². The molecule has 1 aromatic heterocycles. The average molecular weight is 474 g/mol. The first-order valence-electron chi connectivity index (χ1n) is 11.0. The predicted octanol–water partition coefficient (Wildman–Crippen LogP) is 6.93. The Kier molecular flexibility index (Phi) is 7.18. The predicted molar refractivity (Wildman–Crippen MR) is 141 cm³/mol. The van der Waals surface area contributed by atoms with E-state index in [2.05, 4.69) is 48.3 Å². The molecule has 1 heterocycles. The standard InChI is InChI=1S/C28H27NO4S/c1-5-33-26(30)17-8-19-6-11-21(12-7-19)29(2)27-24-16-15-23(32-4)18-25(24)34-28(27)20-9-13-22(31-3)14-10-20/h6-18H,5H2,1-4H3/b17-8+. The van der Waals surface area contributed by atoms with Gasteiger partial charge in [0.2, 0.25) is 0 Å². The fourth-order valence-electron chi connectivity index (χ4n) is 3.75. The van der Waals surface area contributed by atoms with Gasteiger partial charge in [-0.05, 0) is 78.7 Å². The van der Waals surface area contributed by atoms with Gasteiger partial charge in [0, 0.05) is 28.9 Å². The lowest BCUT2D eigenvalue weighted by molar-refractivity contribution is -0.137. The van der Waals surface area contributed by atoms with Crippen molar-refractivity contribution in [1.82, 2.24) is 0 Å². The summed E-state index contributed by atoms with van der Waals surface area (Å²) >= 11 is 1.74. The number of carbonyl (C=O) groups excluding carboxylic acids is 1. The summed E-state index contributed by atoms with van der Waals surface area (Å²) < 4.78 is 16.9. The molecule has 0 aliphatic rings. The molecular formula is C28H27NO4S. The van der Waals surface area contributed by atoms with E-state index in [1.54, 1.807) is 38.6 Å². The van der Waals surface area contributed by atoms with Gasteiger partial charge in [0.15, 0.2) is 0 Å². The molecule has 0 amide bonds. The zero-order chi connectivity index (χ0) is 24.1. The second kappa shape index (κ2) is 10.4. The van der Waals surface area contributed by atoms with E-state index in [-0.39, 0.29) is 5.97 Å². The summed E-state index contributed by atoms with van der Waals surface area (Å²) in [5, 5.41) is 1.16. The summed E-state index contributed by atoms with van der Waals surface area (Å²) in [5.41, 5.74) is 4.22. The molecule has 174 valence electrons. The van der Waals surface area contributed by atoms with Crippen LogP contribution in [0.15, 0.2) is 72.8 Å². The number of ether oxygens (including phenoxy) is 3. The van der Waals surface area contributed by atoms with Gasteiger partial charge in [0.1, 0.15) is 11.5 Å². The van der Waals surface area contributed by atoms with E-state index in [0.717, 1.165) is 44.1 Å². The Balaban J connectivity index is 1.73. The molecule has 0 spiro atoms. The first-order valence-corrected chi connectivity index (χ1v) is 11.8. The lowest BCUT2D eigenvalue weighted by Crippen LogP contribution is -2.09. The fourth-order valence-corrected chi connectivity index (χ4v) is 5.02. The van der Waals surface area contributed by atoms with Gasteiger partial charge in [-0.3, -0.25) is 0 Å². The number of nitrogens with zero attached hydrogens (tertiary/aromatic N) is 1. The fraction of sp³-hybridized carbons (Fsp3) is 0.179. The smallest absolute Gasteiger partial charge is 0.330 e. The van der Waals surface area contributed by atoms with Gasteiger partial charge in [-0.15, -0.1) is 11.3 Å². The van der Waals surface area contributed by atoms with Crippen molar-refractivity contribution < 1.29 is 19.0 Å². The van der Waals surface area contributed by atoms with Crippen LogP contribution in [0.3, 0.4) is 0 Å². The monoisotopic (exact) mass is 473 g/mol. The van der Waals surface area contributed by atoms with Crippen molar-refractivity contribution >= 4 is 44.8 Å². The van der Waals surface area contributed by atoms with Gasteiger partial charge in [-0.2, -0.15) is 0 Å². The van der Waals surface area contributed by atoms with E-state index in [9.17, 15) is 4.79 Å². The minimum Gasteiger partial charge on any atom is -0.497 e. The normalized spacial score (nSPS) is 11.1. The molecule has 0 radical (unpaired) electrons. The summed E-state index contributed by atoms with van der Waals surface area (Å²) in [6.45, 7) is 2.16. The third kappa shape index (κ3) is 4.92. The molecule has 0 saturated carbocycles. The molecule has 5 nitrogen and oxygen atoms in total. The van der Waals surface area contributed by atoms with Crippen LogP contribution >= 0.6 is 11.3 Å². The molecule has 4 aromatic rings. The highest BCUT2D eigenvalue weighted by Gasteiger charge is 2.19.